The van der Waals surface area contributed by atoms with Gasteiger partial charge in [-0.25, -0.2) is 4.79 Å². The van der Waals surface area contributed by atoms with Crippen molar-refractivity contribution in [1.82, 2.24) is 9.55 Å². The lowest BCUT2D eigenvalue weighted by molar-refractivity contribution is -0.0434. The average molecular weight is 395 g/mol. The number of nitrogens with one attached hydrogen (secondary N) is 1. The highest BCUT2D eigenvalue weighted by atomic mass is 35.5. The van der Waals surface area contributed by atoms with E-state index in [1.54, 1.807) is 0 Å². The SMILES string of the molecule is CC(C)(C)[Si](C)(C)OC[C@H]1O[C@@H](n2cc(F)c(=O)[nH]c2=O)[C@@H](Cl)[C@@H]1O. The first-order valence-corrected chi connectivity index (χ1v) is 11.3. The summed E-state index contributed by atoms with van der Waals surface area (Å²) in [5.41, 5.74) is -1.98. The van der Waals surface area contributed by atoms with Crippen molar-refractivity contribution in [2.75, 3.05) is 6.61 Å². The number of alkyl halides is 1. The summed E-state index contributed by atoms with van der Waals surface area (Å²) in [5, 5.41) is 9.29. The Morgan fingerprint density at radius 1 is 1.44 bits per heavy atom. The van der Waals surface area contributed by atoms with Crippen LogP contribution in [0.3, 0.4) is 0 Å². The second kappa shape index (κ2) is 6.96. The summed E-state index contributed by atoms with van der Waals surface area (Å²) in [4.78, 5) is 24.9. The predicted octanol–water partition coefficient (Wildman–Crippen LogP) is 1.56. The maximum absolute atomic E-state index is 13.5. The van der Waals surface area contributed by atoms with Gasteiger partial charge in [0.2, 0.25) is 5.82 Å². The van der Waals surface area contributed by atoms with E-state index in [0.717, 1.165) is 10.8 Å². The van der Waals surface area contributed by atoms with Crippen LogP contribution in [0, 0.1) is 5.82 Å². The first-order valence-electron chi connectivity index (χ1n) is 7.97. The fourth-order valence-electron chi connectivity index (χ4n) is 2.22. The van der Waals surface area contributed by atoms with Gasteiger partial charge in [0.1, 0.15) is 17.6 Å². The summed E-state index contributed by atoms with van der Waals surface area (Å²) in [6.45, 7) is 10.5. The molecule has 142 valence electrons. The maximum atomic E-state index is 13.5. The molecule has 1 aromatic heterocycles. The van der Waals surface area contributed by atoms with Crippen molar-refractivity contribution < 1.29 is 18.7 Å². The van der Waals surface area contributed by atoms with E-state index in [0.29, 0.717) is 0 Å². The standard InChI is InChI=1S/C15H24ClFN2O5Si/c1-15(2,3)25(4,5)23-7-9-11(20)10(16)13(24-9)19-6-8(17)12(21)18-14(19)22/h6,9-11,13,20H,7H2,1-5H3,(H,18,21,22)/t9-,10+,11-,13-/m1/s1. The molecule has 4 atom stereocenters. The molecular weight excluding hydrogens is 371 g/mol. The van der Waals surface area contributed by atoms with Crippen molar-refractivity contribution in [2.45, 2.75) is 62.7 Å². The van der Waals surface area contributed by atoms with Gasteiger partial charge >= 0.3 is 5.69 Å². The number of aliphatic hydroxyl groups excluding tert-OH is 1. The Kier molecular flexibility index (Phi) is 5.65. The van der Waals surface area contributed by atoms with Crippen molar-refractivity contribution in [3.05, 3.63) is 32.9 Å². The van der Waals surface area contributed by atoms with Gasteiger partial charge in [0.05, 0.1) is 12.8 Å². The first kappa shape index (κ1) is 20.3. The van der Waals surface area contributed by atoms with Gasteiger partial charge in [-0.3, -0.25) is 14.3 Å². The van der Waals surface area contributed by atoms with Gasteiger partial charge in [-0.2, -0.15) is 4.39 Å². The van der Waals surface area contributed by atoms with Gasteiger partial charge in [0.15, 0.2) is 14.5 Å². The van der Waals surface area contributed by atoms with Crippen LogP contribution in [0.5, 0.6) is 0 Å². The van der Waals surface area contributed by atoms with Crippen molar-refractivity contribution >= 4 is 19.9 Å². The molecule has 0 bridgehead atoms. The van der Waals surface area contributed by atoms with Gasteiger partial charge in [-0.1, -0.05) is 20.8 Å². The lowest BCUT2D eigenvalue weighted by Crippen LogP contribution is -2.44. The normalized spacial score (nSPS) is 27.7. The van der Waals surface area contributed by atoms with Gasteiger partial charge in [0.25, 0.3) is 5.56 Å². The molecule has 1 saturated heterocycles. The van der Waals surface area contributed by atoms with Crippen LogP contribution in [0.25, 0.3) is 0 Å². The van der Waals surface area contributed by atoms with E-state index in [1.807, 2.05) is 4.98 Å². The number of ether oxygens (including phenoxy) is 1. The van der Waals surface area contributed by atoms with E-state index in [-0.39, 0.29) is 11.6 Å². The second-order valence-electron chi connectivity index (χ2n) is 7.72. The summed E-state index contributed by atoms with van der Waals surface area (Å²) in [6.07, 6.45) is -2.24. The third-order valence-electron chi connectivity index (χ3n) is 4.91. The molecule has 7 nitrogen and oxygen atoms in total. The molecule has 0 aromatic carbocycles. The third-order valence-corrected chi connectivity index (χ3v) is 9.88. The largest absolute Gasteiger partial charge is 0.414 e. The molecule has 0 unspecified atom stereocenters. The molecule has 0 radical (unpaired) electrons. The Balaban J connectivity index is 2.18. The second-order valence-corrected chi connectivity index (χ2v) is 13.0. The van der Waals surface area contributed by atoms with Gasteiger partial charge < -0.3 is 14.3 Å². The molecule has 25 heavy (non-hydrogen) atoms. The van der Waals surface area contributed by atoms with Gasteiger partial charge in [0, 0.05) is 0 Å². The molecule has 1 fully saturated rings. The molecule has 0 saturated carbocycles. The molecule has 0 spiro atoms. The fourth-order valence-corrected chi connectivity index (χ4v) is 3.58. The quantitative estimate of drug-likeness (QED) is 0.597. The van der Waals surface area contributed by atoms with Crippen molar-refractivity contribution in [3.8, 4) is 0 Å². The zero-order chi connectivity index (χ0) is 19.2. The van der Waals surface area contributed by atoms with Crippen LogP contribution in [-0.4, -0.2) is 47.2 Å². The molecule has 2 heterocycles. The monoisotopic (exact) mass is 394 g/mol. The van der Waals surface area contributed by atoms with Crippen LogP contribution < -0.4 is 11.2 Å². The Labute approximate surface area is 150 Å². The highest BCUT2D eigenvalue weighted by molar-refractivity contribution is 6.74. The van der Waals surface area contributed by atoms with Crippen LogP contribution in [-0.2, 0) is 9.16 Å². The third kappa shape index (κ3) is 4.06. The number of aromatic nitrogens is 2. The van der Waals surface area contributed by atoms with Crippen LogP contribution >= 0.6 is 11.6 Å². The lowest BCUT2D eigenvalue weighted by Gasteiger charge is -2.37. The molecule has 10 heteroatoms. The molecule has 0 amide bonds. The number of aliphatic hydroxyl groups is 1. The van der Waals surface area contributed by atoms with E-state index >= 15 is 0 Å². The van der Waals surface area contributed by atoms with Gasteiger partial charge in [-0.15, -0.1) is 11.6 Å². The fraction of sp³-hybridized carbons (Fsp3) is 0.733. The Hall–Kier alpha value is -1.00. The van der Waals surface area contributed by atoms with Crippen molar-refractivity contribution in [3.63, 3.8) is 0 Å². The zero-order valence-electron chi connectivity index (χ0n) is 14.9. The summed E-state index contributed by atoms with van der Waals surface area (Å²) >= 11 is 6.17. The van der Waals surface area contributed by atoms with Crippen molar-refractivity contribution in [2.24, 2.45) is 0 Å². The molecule has 1 aromatic rings. The average Bonchev–Trinajstić information content (AvgIpc) is 2.76. The Morgan fingerprint density at radius 3 is 2.60 bits per heavy atom. The van der Waals surface area contributed by atoms with Crippen LogP contribution in [0.15, 0.2) is 15.8 Å². The van der Waals surface area contributed by atoms with E-state index in [4.69, 9.17) is 20.8 Å². The number of aromatic amines is 1. The van der Waals surface area contributed by atoms with E-state index < -0.39 is 49.2 Å². The Bertz CT molecular complexity index is 745. The van der Waals surface area contributed by atoms with Crippen LogP contribution in [0.1, 0.15) is 27.0 Å². The minimum absolute atomic E-state index is 0.0185. The van der Waals surface area contributed by atoms with Gasteiger partial charge in [-0.05, 0) is 18.1 Å². The molecule has 2 rings (SSSR count). The zero-order valence-corrected chi connectivity index (χ0v) is 16.6. The topological polar surface area (TPSA) is 93.5 Å². The number of rotatable bonds is 4. The molecule has 2 N–H and O–H groups in total. The molecule has 1 aliphatic heterocycles. The van der Waals surface area contributed by atoms with Crippen LogP contribution in [0.4, 0.5) is 4.39 Å². The van der Waals surface area contributed by atoms with E-state index in [1.165, 1.54) is 0 Å². The number of H-pyrrole nitrogens is 1. The lowest BCUT2D eigenvalue weighted by atomic mass is 10.2. The minimum Gasteiger partial charge on any atom is -0.414 e. The smallest absolute Gasteiger partial charge is 0.330 e. The minimum atomic E-state index is -2.06. The van der Waals surface area contributed by atoms with E-state index in [2.05, 4.69) is 33.9 Å². The summed E-state index contributed by atoms with van der Waals surface area (Å²) < 4.78 is 26.0. The maximum Gasteiger partial charge on any atom is 0.330 e. The molecule has 0 aliphatic carbocycles. The number of halogens is 2. The molecular formula is C15H24ClFN2O5Si. The summed E-state index contributed by atoms with van der Waals surface area (Å²) in [5.74, 6) is -1.14. The molecule has 1 aliphatic rings. The summed E-state index contributed by atoms with van der Waals surface area (Å²) in [7, 11) is -2.06. The van der Waals surface area contributed by atoms with E-state index in [9.17, 15) is 19.1 Å². The number of nitrogens with zero attached hydrogens (tertiary/aromatic N) is 1. The highest BCUT2D eigenvalue weighted by Crippen LogP contribution is 2.38. The highest BCUT2D eigenvalue weighted by Gasteiger charge is 2.46. The number of hydrogen-bond donors (Lipinski definition) is 2. The van der Waals surface area contributed by atoms with Crippen molar-refractivity contribution in [1.29, 1.82) is 0 Å². The summed E-state index contributed by atoms with van der Waals surface area (Å²) in [6, 6.07) is 0. The number of hydrogen-bond acceptors (Lipinski definition) is 5. The first-order chi connectivity index (χ1) is 11.3. The predicted molar refractivity (Wildman–Crippen MR) is 94.0 cm³/mol. The van der Waals surface area contributed by atoms with Crippen LogP contribution in [0.2, 0.25) is 18.1 Å². The Morgan fingerprint density at radius 2 is 2.04 bits per heavy atom.